The summed E-state index contributed by atoms with van der Waals surface area (Å²) in [6, 6.07) is 13.6. The van der Waals surface area contributed by atoms with Crippen molar-refractivity contribution >= 4 is 14.0 Å². The van der Waals surface area contributed by atoms with Gasteiger partial charge in [-0.15, -0.1) is 0 Å². The van der Waals surface area contributed by atoms with E-state index >= 15 is 0 Å². The Morgan fingerprint density at radius 3 is 2.05 bits per heavy atom. The van der Waals surface area contributed by atoms with Crippen LogP contribution in [0.2, 0.25) is 13.1 Å². The second-order valence-electron chi connectivity index (χ2n) is 4.62. The lowest BCUT2D eigenvalue weighted by Gasteiger charge is -2.15. The molecule has 0 spiro atoms. The number of halogens is 3. The molecule has 4 heteroatoms. The van der Waals surface area contributed by atoms with Crippen LogP contribution in [0.15, 0.2) is 48.5 Å². The van der Waals surface area contributed by atoms with E-state index in [0.717, 1.165) is 22.4 Å². The van der Waals surface area contributed by atoms with Crippen LogP contribution in [-0.4, -0.2) is 8.80 Å². The fourth-order valence-electron chi connectivity index (χ4n) is 2.00. The highest BCUT2D eigenvalue weighted by Crippen LogP contribution is 2.30. The number of alkyl halides is 3. The Bertz CT molecular complexity index is 559. The molecule has 0 aliphatic carbocycles. The van der Waals surface area contributed by atoms with Gasteiger partial charge in [0.15, 0.2) is 0 Å². The number of hydrogen-bond donors (Lipinski definition) is 0. The molecule has 0 heterocycles. The van der Waals surface area contributed by atoms with E-state index in [1.54, 1.807) is 6.07 Å². The summed E-state index contributed by atoms with van der Waals surface area (Å²) in [4.78, 5) is 0. The SMILES string of the molecule is C[Si](C)c1cc(C(F)(F)F)ccc1-c1ccccc1. The zero-order valence-corrected chi connectivity index (χ0v) is 11.8. The Morgan fingerprint density at radius 2 is 1.53 bits per heavy atom. The zero-order valence-electron chi connectivity index (χ0n) is 10.8. The molecule has 0 saturated carbocycles. The van der Waals surface area contributed by atoms with Gasteiger partial charge in [-0.05, 0) is 17.2 Å². The van der Waals surface area contributed by atoms with E-state index < -0.39 is 20.5 Å². The van der Waals surface area contributed by atoms with Crippen LogP contribution in [0.1, 0.15) is 5.56 Å². The van der Waals surface area contributed by atoms with Gasteiger partial charge in [-0.2, -0.15) is 13.2 Å². The minimum absolute atomic E-state index is 0.562. The van der Waals surface area contributed by atoms with Crippen LogP contribution in [0.4, 0.5) is 13.2 Å². The summed E-state index contributed by atoms with van der Waals surface area (Å²) in [5, 5.41) is 0.825. The van der Waals surface area contributed by atoms with Gasteiger partial charge >= 0.3 is 6.18 Å². The van der Waals surface area contributed by atoms with Crippen molar-refractivity contribution in [3.8, 4) is 11.1 Å². The van der Waals surface area contributed by atoms with Crippen LogP contribution in [0.3, 0.4) is 0 Å². The van der Waals surface area contributed by atoms with Crippen molar-refractivity contribution in [3.05, 3.63) is 54.1 Å². The molecule has 2 aromatic carbocycles. The average molecular weight is 279 g/mol. The molecule has 2 rings (SSSR count). The van der Waals surface area contributed by atoms with Gasteiger partial charge in [0.1, 0.15) is 0 Å². The van der Waals surface area contributed by atoms with Crippen LogP contribution in [0.5, 0.6) is 0 Å². The predicted molar refractivity (Wildman–Crippen MR) is 74.0 cm³/mol. The summed E-state index contributed by atoms with van der Waals surface area (Å²) in [5.41, 5.74) is 1.32. The fourth-order valence-corrected chi connectivity index (χ4v) is 3.21. The van der Waals surface area contributed by atoms with Crippen LogP contribution in [0, 0.1) is 0 Å². The van der Waals surface area contributed by atoms with E-state index in [0.29, 0.717) is 0 Å². The van der Waals surface area contributed by atoms with Gasteiger partial charge in [-0.3, -0.25) is 0 Å². The minimum Gasteiger partial charge on any atom is -0.166 e. The Hall–Kier alpha value is -1.55. The van der Waals surface area contributed by atoms with Crippen molar-refractivity contribution in [3.63, 3.8) is 0 Å². The molecule has 0 atom stereocenters. The van der Waals surface area contributed by atoms with Crippen LogP contribution in [0.25, 0.3) is 11.1 Å². The molecule has 2 aromatic rings. The Morgan fingerprint density at radius 1 is 0.895 bits per heavy atom. The molecule has 0 bridgehead atoms. The Labute approximate surface area is 112 Å². The highest BCUT2D eigenvalue weighted by atomic mass is 28.3. The van der Waals surface area contributed by atoms with Crippen molar-refractivity contribution < 1.29 is 13.2 Å². The van der Waals surface area contributed by atoms with Gasteiger partial charge in [-0.25, -0.2) is 0 Å². The molecule has 0 N–H and O–H groups in total. The monoisotopic (exact) mass is 279 g/mol. The summed E-state index contributed by atoms with van der Waals surface area (Å²) < 4.78 is 38.3. The molecule has 19 heavy (non-hydrogen) atoms. The first-order valence-electron chi connectivity index (χ1n) is 5.97. The summed E-state index contributed by atoms with van der Waals surface area (Å²) in [7, 11) is -0.971. The largest absolute Gasteiger partial charge is 0.416 e. The number of rotatable bonds is 2. The van der Waals surface area contributed by atoms with E-state index in [1.807, 2.05) is 43.4 Å². The van der Waals surface area contributed by atoms with Crippen LogP contribution < -0.4 is 5.19 Å². The van der Waals surface area contributed by atoms with Gasteiger partial charge < -0.3 is 0 Å². The quantitative estimate of drug-likeness (QED) is 0.718. The predicted octanol–water partition coefficient (Wildman–Crippen LogP) is 4.33. The lowest BCUT2D eigenvalue weighted by molar-refractivity contribution is -0.137. The molecule has 0 unspecified atom stereocenters. The van der Waals surface area contributed by atoms with E-state index in [2.05, 4.69) is 0 Å². The standard InChI is InChI=1S/C15H14F3Si/c1-19(2)14-10-12(15(16,17)18)8-9-13(14)11-6-4-3-5-7-11/h3-10H,1-2H3. The summed E-state index contributed by atoms with van der Waals surface area (Å²) in [5.74, 6) is 0. The molecule has 1 radical (unpaired) electrons. The first-order chi connectivity index (χ1) is 8.89. The Balaban J connectivity index is 2.57. The van der Waals surface area contributed by atoms with Gasteiger partial charge in [0.2, 0.25) is 0 Å². The highest BCUT2D eigenvalue weighted by Gasteiger charge is 2.31. The van der Waals surface area contributed by atoms with E-state index in [-0.39, 0.29) is 0 Å². The Kier molecular flexibility index (Phi) is 3.80. The summed E-state index contributed by atoms with van der Waals surface area (Å²) >= 11 is 0. The molecular weight excluding hydrogens is 265 g/mol. The molecule has 0 aliphatic rings. The molecule has 0 aromatic heterocycles. The van der Waals surface area contributed by atoms with Gasteiger partial charge in [0, 0.05) is 0 Å². The summed E-state index contributed by atoms with van der Waals surface area (Å²) in [6.45, 7) is 4.01. The maximum Gasteiger partial charge on any atom is 0.416 e. The lowest BCUT2D eigenvalue weighted by Crippen LogP contribution is -2.26. The molecule has 0 amide bonds. The zero-order chi connectivity index (χ0) is 14.0. The summed E-state index contributed by atoms with van der Waals surface area (Å²) in [6.07, 6.45) is -4.28. The van der Waals surface area contributed by atoms with E-state index in [9.17, 15) is 13.2 Å². The average Bonchev–Trinajstić information content (AvgIpc) is 2.38. The van der Waals surface area contributed by atoms with Gasteiger partial charge in [0.25, 0.3) is 0 Å². The third-order valence-electron chi connectivity index (χ3n) is 2.97. The highest BCUT2D eigenvalue weighted by molar-refractivity contribution is 6.72. The first-order valence-corrected chi connectivity index (χ1v) is 8.47. The lowest BCUT2D eigenvalue weighted by atomic mass is 10.0. The van der Waals surface area contributed by atoms with Crippen LogP contribution >= 0.6 is 0 Å². The normalized spacial score (nSPS) is 11.9. The van der Waals surface area contributed by atoms with Crippen molar-refractivity contribution in [1.29, 1.82) is 0 Å². The third kappa shape index (κ3) is 3.07. The van der Waals surface area contributed by atoms with Gasteiger partial charge in [-0.1, -0.05) is 60.7 Å². The van der Waals surface area contributed by atoms with Crippen LogP contribution in [-0.2, 0) is 6.18 Å². The molecular formula is C15H14F3Si. The topological polar surface area (TPSA) is 0 Å². The van der Waals surface area contributed by atoms with Crippen molar-refractivity contribution in [2.24, 2.45) is 0 Å². The number of benzene rings is 2. The second kappa shape index (κ2) is 5.21. The third-order valence-corrected chi connectivity index (χ3v) is 4.46. The van der Waals surface area contributed by atoms with Crippen molar-refractivity contribution in [1.82, 2.24) is 0 Å². The molecule has 0 aliphatic heterocycles. The molecule has 0 fully saturated rings. The fraction of sp³-hybridized carbons (Fsp3) is 0.200. The maximum absolute atomic E-state index is 12.8. The van der Waals surface area contributed by atoms with Crippen molar-refractivity contribution in [2.75, 3.05) is 0 Å². The second-order valence-corrected chi connectivity index (χ2v) is 7.16. The van der Waals surface area contributed by atoms with E-state index in [4.69, 9.17) is 0 Å². The molecule has 0 nitrogen and oxygen atoms in total. The van der Waals surface area contributed by atoms with Gasteiger partial charge in [0.05, 0.1) is 14.4 Å². The van der Waals surface area contributed by atoms with Crippen molar-refractivity contribution in [2.45, 2.75) is 19.3 Å². The number of hydrogen-bond acceptors (Lipinski definition) is 0. The first kappa shape index (κ1) is 13.9. The minimum atomic E-state index is -4.28. The molecule has 0 saturated heterocycles. The molecule has 99 valence electrons. The maximum atomic E-state index is 12.8. The van der Waals surface area contributed by atoms with E-state index in [1.165, 1.54) is 6.07 Å². The smallest absolute Gasteiger partial charge is 0.166 e.